The lowest BCUT2D eigenvalue weighted by atomic mass is 10.0. The molecule has 20 heavy (non-hydrogen) atoms. The van der Waals surface area contributed by atoms with Crippen LogP contribution in [0.15, 0.2) is 30.6 Å². The fourth-order valence-corrected chi connectivity index (χ4v) is 2.61. The Labute approximate surface area is 121 Å². The predicted molar refractivity (Wildman–Crippen MR) is 83.8 cm³/mol. The number of pyridine rings is 1. The van der Waals surface area contributed by atoms with Crippen LogP contribution in [0.2, 0.25) is 0 Å². The predicted octanol–water partition coefficient (Wildman–Crippen LogP) is 2.40. The van der Waals surface area contributed by atoms with E-state index >= 15 is 0 Å². The van der Waals surface area contributed by atoms with Crippen molar-refractivity contribution in [3.63, 3.8) is 0 Å². The Kier molecular flexibility index (Phi) is 5.15. The Bertz CT molecular complexity index is 520. The number of likely N-dealkylation sites (N-methyl/N-ethyl adjacent to an activating group) is 1. The van der Waals surface area contributed by atoms with Crippen LogP contribution >= 0.6 is 0 Å². The number of fused-ring (bicyclic) bond motifs is 1. The molecule has 0 aliphatic carbocycles. The van der Waals surface area contributed by atoms with Crippen molar-refractivity contribution in [3.8, 4) is 0 Å². The monoisotopic (exact) mass is 274 g/mol. The van der Waals surface area contributed by atoms with Gasteiger partial charge in [-0.1, -0.05) is 19.9 Å². The number of hydrogen-bond donors (Lipinski definition) is 1. The van der Waals surface area contributed by atoms with Crippen LogP contribution in [-0.2, 0) is 6.54 Å². The van der Waals surface area contributed by atoms with Crippen LogP contribution in [0.5, 0.6) is 0 Å². The summed E-state index contributed by atoms with van der Waals surface area (Å²) < 4.78 is 1.93. The van der Waals surface area contributed by atoms with E-state index in [1.54, 1.807) is 0 Å². The molecular formula is C16H26N4. The standard InChI is InChI=1S/C16H26N4/c1-13(2)9-15(12-19(3)4)17-10-14-11-18-20-8-6-5-7-16(14)20/h5-8,11,13,15,17H,9-10,12H2,1-4H3. The molecule has 4 nitrogen and oxygen atoms in total. The van der Waals surface area contributed by atoms with Gasteiger partial charge in [0, 0.05) is 30.9 Å². The first kappa shape index (κ1) is 15.0. The number of hydrogen-bond acceptors (Lipinski definition) is 3. The van der Waals surface area contributed by atoms with Gasteiger partial charge in [-0.25, -0.2) is 4.52 Å². The van der Waals surface area contributed by atoms with E-state index in [1.165, 1.54) is 17.5 Å². The Hall–Kier alpha value is -1.39. The lowest BCUT2D eigenvalue weighted by molar-refractivity contribution is 0.305. The van der Waals surface area contributed by atoms with E-state index in [0.29, 0.717) is 12.0 Å². The molecule has 2 rings (SSSR count). The zero-order chi connectivity index (χ0) is 14.5. The molecule has 110 valence electrons. The largest absolute Gasteiger partial charge is 0.308 e. The van der Waals surface area contributed by atoms with Crippen molar-refractivity contribution in [1.29, 1.82) is 0 Å². The number of rotatable bonds is 7. The maximum Gasteiger partial charge on any atom is 0.0706 e. The maximum atomic E-state index is 4.38. The topological polar surface area (TPSA) is 32.6 Å². The van der Waals surface area contributed by atoms with Gasteiger partial charge in [-0.15, -0.1) is 0 Å². The minimum absolute atomic E-state index is 0.517. The summed E-state index contributed by atoms with van der Waals surface area (Å²) in [6, 6.07) is 6.70. The van der Waals surface area contributed by atoms with Gasteiger partial charge in [-0.3, -0.25) is 0 Å². The van der Waals surface area contributed by atoms with Crippen LogP contribution in [0.3, 0.4) is 0 Å². The van der Waals surface area contributed by atoms with E-state index in [-0.39, 0.29) is 0 Å². The second-order valence-electron chi connectivity index (χ2n) is 6.17. The summed E-state index contributed by atoms with van der Waals surface area (Å²) >= 11 is 0. The highest BCUT2D eigenvalue weighted by Crippen LogP contribution is 2.11. The van der Waals surface area contributed by atoms with Crippen LogP contribution in [0.1, 0.15) is 25.8 Å². The zero-order valence-corrected chi connectivity index (χ0v) is 13.0. The average Bonchev–Trinajstić information content (AvgIpc) is 2.78. The minimum Gasteiger partial charge on any atom is -0.308 e. The highest BCUT2D eigenvalue weighted by Gasteiger charge is 2.12. The molecule has 1 N–H and O–H groups in total. The molecule has 4 heteroatoms. The normalized spacial score (nSPS) is 13.5. The van der Waals surface area contributed by atoms with E-state index in [4.69, 9.17) is 0 Å². The van der Waals surface area contributed by atoms with Gasteiger partial charge in [-0.05, 0) is 38.6 Å². The van der Waals surface area contributed by atoms with Gasteiger partial charge in [0.2, 0.25) is 0 Å². The minimum atomic E-state index is 0.517. The van der Waals surface area contributed by atoms with Gasteiger partial charge in [0.25, 0.3) is 0 Å². The van der Waals surface area contributed by atoms with E-state index in [2.05, 4.69) is 55.4 Å². The molecule has 1 atom stereocenters. The summed E-state index contributed by atoms with van der Waals surface area (Å²) in [4.78, 5) is 2.25. The number of nitrogens with zero attached hydrogens (tertiary/aromatic N) is 3. The fraction of sp³-hybridized carbons (Fsp3) is 0.562. The lowest BCUT2D eigenvalue weighted by Gasteiger charge is -2.24. The molecule has 0 aromatic carbocycles. The van der Waals surface area contributed by atoms with Gasteiger partial charge < -0.3 is 10.2 Å². The highest BCUT2D eigenvalue weighted by atomic mass is 15.2. The van der Waals surface area contributed by atoms with Crippen LogP contribution in [0.4, 0.5) is 0 Å². The molecule has 0 radical (unpaired) electrons. The third-order valence-electron chi connectivity index (χ3n) is 3.43. The van der Waals surface area contributed by atoms with Crippen molar-refractivity contribution in [1.82, 2.24) is 19.8 Å². The zero-order valence-electron chi connectivity index (χ0n) is 13.0. The highest BCUT2D eigenvalue weighted by molar-refractivity contribution is 5.53. The Balaban J connectivity index is 2.01. The Morgan fingerprint density at radius 3 is 2.80 bits per heavy atom. The van der Waals surface area contributed by atoms with Crippen LogP contribution in [0, 0.1) is 5.92 Å². The third kappa shape index (κ3) is 4.05. The van der Waals surface area contributed by atoms with Crippen LogP contribution in [-0.4, -0.2) is 41.2 Å². The molecule has 0 amide bonds. The van der Waals surface area contributed by atoms with E-state index in [1.807, 2.05) is 23.0 Å². The van der Waals surface area contributed by atoms with E-state index in [9.17, 15) is 0 Å². The van der Waals surface area contributed by atoms with Crippen molar-refractivity contribution < 1.29 is 0 Å². The lowest BCUT2D eigenvalue weighted by Crippen LogP contribution is -2.38. The SMILES string of the molecule is CC(C)CC(CN(C)C)NCc1cnn2ccccc12. The molecular weight excluding hydrogens is 248 g/mol. The molecule has 1 unspecified atom stereocenters. The van der Waals surface area contributed by atoms with Crippen molar-refractivity contribution >= 4 is 5.52 Å². The van der Waals surface area contributed by atoms with Crippen molar-refractivity contribution in [2.24, 2.45) is 5.92 Å². The average molecular weight is 274 g/mol. The first-order valence-electron chi connectivity index (χ1n) is 7.35. The molecule has 0 aliphatic rings. The first-order valence-corrected chi connectivity index (χ1v) is 7.35. The Morgan fingerprint density at radius 2 is 2.10 bits per heavy atom. The molecule has 0 bridgehead atoms. The van der Waals surface area contributed by atoms with E-state index < -0.39 is 0 Å². The second-order valence-corrected chi connectivity index (χ2v) is 6.17. The summed E-state index contributed by atoms with van der Waals surface area (Å²) in [6.07, 6.45) is 5.14. The van der Waals surface area contributed by atoms with Crippen molar-refractivity contribution in [3.05, 3.63) is 36.2 Å². The van der Waals surface area contributed by atoms with Crippen molar-refractivity contribution in [2.45, 2.75) is 32.9 Å². The number of nitrogens with one attached hydrogen (secondary N) is 1. The van der Waals surface area contributed by atoms with Crippen LogP contribution in [0.25, 0.3) is 5.52 Å². The molecule has 2 heterocycles. The summed E-state index contributed by atoms with van der Waals surface area (Å²) in [7, 11) is 4.26. The molecule has 0 spiro atoms. The smallest absolute Gasteiger partial charge is 0.0706 e. The van der Waals surface area contributed by atoms with Gasteiger partial charge >= 0.3 is 0 Å². The molecule has 0 saturated carbocycles. The third-order valence-corrected chi connectivity index (χ3v) is 3.43. The number of aromatic nitrogens is 2. The first-order chi connectivity index (χ1) is 9.56. The molecule has 0 saturated heterocycles. The van der Waals surface area contributed by atoms with Crippen molar-refractivity contribution in [2.75, 3.05) is 20.6 Å². The van der Waals surface area contributed by atoms with Gasteiger partial charge in [-0.2, -0.15) is 5.10 Å². The quantitative estimate of drug-likeness (QED) is 0.841. The fourth-order valence-electron chi connectivity index (χ4n) is 2.61. The molecule has 2 aromatic rings. The van der Waals surface area contributed by atoms with E-state index in [0.717, 1.165) is 13.1 Å². The summed E-state index contributed by atoms with van der Waals surface area (Å²) in [5.74, 6) is 0.705. The molecule has 0 fully saturated rings. The van der Waals surface area contributed by atoms with Gasteiger partial charge in [0.1, 0.15) is 0 Å². The summed E-state index contributed by atoms with van der Waals surface area (Å²) in [5, 5.41) is 8.07. The summed E-state index contributed by atoms with van der Waals surface area (Å²) in [5.41, 5.74) is 2.45. The molecule has 0 aliphatic heterocycles. The van der Waals surface area contributed by atoms with Gasteiger partial charge in [0.05, 0.1) is 11.7 Å². The summed E-state index contributed by atoms with van der Waals surface area (Å²) in [6.45, 7) is 6.50. The molecule has 2 aromatic heterocycles. The van der Waals surface area contributed by atoms with Gasteiger partial charge in [0.15, 0.2) is 0 Å². The van der Waals surface area contributed by atoms with Crippen LogP contribution < -0.4 is 5.32 Å². The second kappa shape index (κ2) is 6.86. The maximum absolute atomic E-state index is 4.38. The Morgan fingerprint density at radius 1 is 1.30 bits per heavy atom.